The summed E-state index contributed by atoms with van der Waals surface area (Å²) in [5, 5.41) is 4.38. The molecule has 160 valence electrons. The number of hydrogen-bond donors (Lipinski definition) is 1. The molecule has 0 aliphatic rings. The van der Waals surface area contributed by atoms with Crippen LogP contribution in [0.1, 0.15) is 29.8 Å². The first-order valence-electron chi connectivity index (χ1n) is 9.38. The monoisotopic (exact) mass is 432 g/mol. The smallest absolute Gasteiger partial charge is 0.271 e. The van der Waals surface area contributed by atoms with Crippen molar-refractivity contribution < 1.29 is 23.7 Å². The van der Waals surface area contributed by atoms with Gasteiger partial charge < -0.3 is 18.9 Å². The molecule has 0 aliphatic carbocycles. The molecule has 0 unspecified atom stereocenters. The molecule has 7 nitrogen and oxygen atoms in total. The Labute approximate surface area is 181 Å². The van der Waals surface area contributed by atoms with Gasteiger partial charge in [-0.25, -0.2) is 5.43 Å². The summed E-state index contributed by atoms with van der Waals surface area (Å²) in [4.78, 5) is 12.4. The van der Waals surface area contributed by atoms with Crippen molar-refractivity contribution in [2.24, 2.45) is 5.10 Å². The number of carbonyl (C=O) groups is 1. The van der Waals surface area contributed by atoms with Crippen LogP contribution in [0, 0.1) is 0 Å². The van der Waals surface area contributed by atoms with Crippen molar-refractivity contribution >= 4 is 23.7 Å². The minimum absolute atomic E-state index is 0.337. The van der Waals surface area contributed by atoms with E-state index in [0.717, 1.165) is 0 Å². The van der Waals surface area contributed by atoms with E-state index in [4.69, 9.17) is 30.5 Å². The van der Waals surface area contributed by atoms with Gasteiger partial charge in [0.15, 0.2) is 23.0 Å². The molecule has 8 heteroatoms. The van der Waals surface area contributed by atoms with Crippen LogP contribution in [-0.4, -0.2) is 39.1 Å². The Morgan fingerprint density at radius 2 is 1.83 bits per heavy atom. The zero-order valence-electron chi connectivity index (χ0n) is 17.2. The first-order valence-corrected chi connectivity index (χ1v) is 9.76. The lowest BCUT2D eigenvalue weighted by Gasteiger charge is -2.12. The van der Waals surface area contributed by atoms with E-state index in [-0.39, 0.29) is 0 Å². The summed E-state index contributed by atoms with van der Waals surface area (Å²) in [5.41, 5.74) is 3.51. The topological polar surface area (TPSA) is 78.4 Å². The van der Waals surface area contributed by atoms with Crippen LogP contribution >= 0.6 is 11.6 Å². The van der Waals surface area contributed by atoms with Gasteiger partial charge in [-0.3, -0.25) is 4.79 Å². The SMILES string of the molecule is C=CCOc1ccc(C(=O)N/N=C/c2cc(Cl)c(OC)c(OCC)c2)cc1OCC. The molecule has 0 aliphatic heterocycles. The van der Waals surface area contributed by atoms with E-state index in [9.17, 15) is 4.79 Å². The van der Waals surface area contributed by atoms with Crippen LogP contribution in [0.25, 0.3) is 0 Å². The van der Waals surface area contributed by atoms with E-state index in [0.29, 0.717) is 59.0 Å². The summed E-state index contributed by atoms with van der Waals surface area (Å²) >= 11 is 6.22. The number of methoxy groups -OCH3 is 1. The highest BCUT2D eigenvalue weighted by atomic mass is 35.5. The van der Waals surface area contributed by atoms with E-state index >= 15 is 0 Å². The number of rotatable bonds is 11. The summed E-state index contributed by atoms with van der Waals surface area (Å²) in [7, 11) is 1.52. The minimum Gasteiger partial charge on any atom is -0.491 e. The lowest BCUT2D eigenvalue weighted by molar-refractivity contribution is 0.0954. The van der Waals surface area contributed by atoms with Crippen LogP contribution in [0.5, 0.6) is 23.0 Å². The lowest BCUT2D eigenvalue weighted by atomic mass is 10.2. The van der Waals surface area contributed by atoms with E-state index in [1.165, 1.54) is 13.3 Å². The number of halogens is 1. The van der Waals surface area contributed by atoms with E-state index in [2.05, 4.69) is 17.1 Å². The van der Waals surface area contributed by atoms with Gasteiger partial charge in [-0.05, 0) is 49.7 Å². The van der Waals surface area contributed by atoms with Gasteiger partial charge in [-0.1, -0.05) is 24.3 Å². The highest BCUT2D eigenvalue weighted by Crippen LogP contribution is 2.36. The third-order valence-corrected chi connectivity index (χ3v) is 4.06. The van der Waals surface area contributed by atoms with Crippen molar-refractivity contribution in [3.8, 4) is 23.0 Å². The van der Waals surface area contributed by atoms with E-state index in [1.54, 1.807) is 36.4 Å². The van der Waals surface area contributed by atoms with Crippen molar-refractivity contribution in [3.63, 3.8) is 0 Å². The Bertz CT molecular complexity index is 915. The predicted molar refractivity (Wildman–Crippen MR) is 118 cm³/mol. The Morgan fingerprint density at radius 1 is 1.10 bits per heavy atom. The molecule has 2 aromatic rings. The molecule has 2 aromatic carbocycles. The van der Waals surface area contributed by atoms with Gasteiger partial charge in [0.05, 0.1) is 31.6 Å². The second-order valence-electron chi connectivity index (χ2n) is 5.86. The lowest BCUT2D eigenvalue weighted by Crippen LogP contribution is -2.17. The van der Waals surface area contributed by atoms with Gasteiger partial charge in [0, 0.05) is 5.56 Å². The molecular formula is C22H25ClN2O5. The standard InChI is InChI=1S/C22H25ClN2O5/c1-5-10-30-18-9-8-16(13-19(18)28-6-2)22(26)25-24-14-15-11-17(23)21(27-4)20(12-15)29-7-3/h5,8-9,11-14H,1,6-7,10H2,2-4H3,(H,25,26)/b24-14+. The normalized spacial score (nSPS) is 10.5. The molecule has 2 rings (SSSR count). The van der Waals surface area contributed by atoms with Crippen LogP contribution < -0.4 is 24.4 Å². The van der Waals surface area contributed by atoms with Crippen LogP contribution in [-0.2, 0) is 0 Å². The fraction of sp³-hybridized carbons (Fsp3) is 0.273. The van der Waals surface area contributed by atoms with Gasteiger partial charge in [0.1, 0.15) is 6.61 Å². The molecule has 0 saturated heterocycles. The third-order valence-electron chi connectivity index (χ3n) is 3.78. The van der Waals surface area contributed by atoms with Crippen molar-refractivity contribution in [1.29, 1.82) is 0 Å². The van der Waals surface area contributed by atoms with Crippen LogP contribution in [0.15, 0.2) is 48.1 Å². The van der Waals surface area contributed by atoms with Crippen molar-refractivity contribution in [1.82, 2.24) is 5.43 Å². The average molecular weight is 433 g/mol. The number of ether oxygens (including phenoxy) is 4. The molecule has 0 heterocycles. The van der Waals surface area contributed by atoms with Gasteiger partial charge in [0.2, 0.25) is 0 Å². The quantitative estimate of drug-likeness (QED) is 0.322. The Morgan fingerprint density at radius 3 is 2.50 bits per heavy atom. The number of nitrogens with one attached hydrogen (secondary N) is 1. The zero-order chi connectivity index (χ0) is 21.9. The second-order valence-corrected chi connectivity index (χ2v) is 6.27. The Hall–Kier alpha value is -3.19. The van der Waals surface area contributed by atoms with Crippen LogP contribution in [0.3, 0.4) is 0 Å². The second kappa shape index (κ2) is 11.7. The number of nitrogens with zero attached hydrogens (tertiary/aromatic N) is 1. The molecule has 0 atom stereocenters. The van der Waals surface area contributed by atoms with Crippen LogP contribution in [0.4, 0.5) is 0 Å². The molecule has 0 spiro atoms. The Kier molecular flexibility index (Phi) is 9.03. The summed E-state index contributed by atoms with van der Waals surface area (Å²) in [6, 6.07) is 8.29. The van der Waals surface area contributed by atoms with Gasteiger partial charge in [-0.2, -0.15) is 5.10 Å². The number of carbonyl (C=O) groups excluding carboxylic acids is 1. The van der Waals surface area contributed by atoms with Gasteiger partial charge in [0.25, 0.3) is 5.91 Å². The maximum Gasteiger partial charge on any atom is 0.271 e. The number of hydrazone groups is 1. The van der Waals surface area contributed by atoms with E-state index < -0.39 is 5.91 Å². The average Bonchev–Trinajstić information content (AvgIpc) is 2.73. The maximum atomic E-state index is 12.4. The molecular weight excluding hydrogens is 408 g/mol. The van der Waals surface area contributed by atoms with Gasteiger partial charge >= 0.3 is 0 Å². The summed E-state index contributed by atoms with van der Waals surface area (Å²) < 4.78 is 21.9. The minimum atomic E-state index is -0.396. The molecule has 0 saturated carbocycles. The molecule has 0 radical (unpaired) electrons. The van der Waals surface area contributed by atoms with Crippen molar-refractivity contribution in [3.05, 3.63) is 59.1 Å². The molecule has 0 bridgehead atoms. The molecule has 0 fully saturated rings. The third kappa shape index (κ3) is 6.15. The largest absolute Gasteiger partial charge is 0.491 e. The summed E-state index contributed by atoms with van der Waals surface area (Å²) in [6.45, 7) is 8.56. The first kappa shape index (κ1) is 23.1. The van der Waals surface area contributed by atoms with Crippen molar-refractivity contribution in [2.45, 2.75) is 13.8 Å². The number of hydrogen-bond acceptors (Lipinski definition) is 6. The highest BCUT2D eigenvalue weighted by molar-refractivity contribution is 6.32. The first-order chi connectivity index (χ1) is 14.5. The van der Waals surface area contributed by atoms with Crippen LogP contribution in [0.2, 0.25) is 5.02 Å². The summed E-state index contributed by atoms with van der Waals surface area (Å²) in [5.74, 6) is 1.55. The van der Waals surface area contributed by atoms with Gasteiger partial charge in [-0.15, -0.1) is 0 Å². The molecule has 1 amide bonds. The molecule has 30 heavy (non-hydrogen) atoms. The molecule has 1 N–H and O–H groups in total. The summed E-state index contributed by atoms with van der Waals surface area (Å²) in [6.07, 6.45) is 3.10. The fourth-order valence-corrected chi connectivity index (χ4v) is 2.84. The van der Waals surface area contributed by atoms with Crippen molar-refractivity contribution in [2.75, 3.05) is 26.9 Å². The fourth-order valence-electron chi connectivity index (χ4n) is 2.54. The zero-order valence-corrected chi connectivity index (χ0v) is 18.0. The number of amides is 1. The van der Waals surface area contributed by atoms with E-state index in [1.807, 2.05) is 13.8 Å². The number of benzene rings is 2. The maximum absolute atomic E-state index is 12.4. The Balaban J connectivity index is 2.14. The molecule has 0 aromatic heterocycles. The highest BCUT2D eigenvalue weighted by Gasteiger charge is 2.12. The predicted octanol–water partition coefficient (Wildman–Crippen LogP) is 4.47.